The van der Waals surface area contributed by atoms with E-state index in [2.05, 4.69) is 33.8 Å². The van der Waals surface area contributed by atoms with Gasteiger partial charge < -0.3 is 5.11 Å². The molecule has 0 heterocycles. The summed E-state index contributed by atoms with van der Waals surface area (Å²) in [6.07, 6.45) is 3.36. The molecule has 0 amide bonds. The van der Waals surface area contributed by atoms with Crippen LogP contribution < -0.4 is 0 Å². The molecule has 1 unspecified atom stereocenters. The van der Waals surface area contributed by atoms with Crippen molar-refractivity contribution < 1.29 is 26.8 Å². The average molecular weight is 300 g/mol. The van der Waals surface area contributed by atoms with E-state index in [0.717, 1.165) is 0 Å². The number of rotatable bonds is 0. The van der Waals surface area contributed by atoms with E-state index in [1.54, 1.807) is 24.3 Å². The molecule has 1 aliphatic rings. The first-order valence-corrected chi connectivity index (χ1v) is 5.54. The third-order valence-corrected chi connectivity index (χ3v) is 2.99. The predicted octanol–water partition coefficient (Wildman–Crippen LogP) is 4.53. The maximum atomic E-state index is 8.63. The molecule has 1 atom stereocenters. The number of hydrogen-bond donors (Lipinski definition) is 1. The molecule has 0 aromatic heterocycles. The van der Waals surface area contributed by atoms with E-state index in [0.29, 0.717) is 11.7 Å². The van der Waals surface area contributed by atoms with Crippen molar-refractivity contribution in [3.63, 3.8) is 0 Å². The molecule has 18 heavy (non-hydrogen) atoms. The molecule has 0 spiro atoms. The van der Waals surface area contributed by atoms with Crippen LogP contribution in [0, 0.1) is 12.0 Å². The van der Waals surface area contributed by atoms with Crippen molar-refractivity contribution in [1.82, 2.24) is 0 Å². The van der Waals surface area contributed by atoms with Crippen LogP contribution >= 0.6 is 12.4 Å². The number of phenols is 1. The zero-order chi connectivity index (χ0) is 12.1. The number of allylic oxidation sites excluding steroid dienone is 4. The smallest absolute Gasteiger partial charge is 0.115 e. The second-order valence-corrected chi connectivity index (χ2v) is 4.13. The van der Waals surface area contributed by atoms with E-state index in [-0.39, 0.29) is 34.1 Å². The van der Waals surface area contributed by atoms with E-state index >= 15 is 0 Å². The summed E-state index contributed by atoms with van der Waals surface area (Å²) in [6.45, 7) is 8.67. The summed E-state index contributed by atoms with van der Waals surface area (Å²) in [7, 11) is 0. The zero-order valence-electron chi connectivity index (χ0n) is 11.3. The van der Waals surface area contributed by atoms with Gasteiger partial charge >= 0.3 is 0 Å². The SMILES string of the molecule is CC1=[C-]C(C)C(C)=C1C.Cl.Oc1ccccc1.[Ti]. The summed E-state index contributed by atoms with van der Waals surface area (Å²) in [6, 6.07) is 8.71. The first kappa shape index (κ1) is 19.8. The molecule has 1 aromatic rings. The van der Waals surface area contributed by atoms with Crippen molar-refractivity contribution in [3.8, 4) is 5.75 Å². The normalized spacial score (nSPS) is 16.9. The van der Waals surface area contributed by atoms with Gasteiger partial charge in [0.1, 0.15) is 5.75 Å². The second-order valence-electron chi connectivity index (χ2n) is 4.13. The first-order valence-electron chi connectivity index (χ1n) is 5.54. The van der Waals surface area contributed by atoms with Crippen LogP contribution in [0.5, 0.6) is 5.75 Å². The van der Waals surface area contributed by atoms with Crippen LogP contribution in [0.1, 0.15) is 27.7 Å². The fourth-order valence-corrected chi connectivity index (χ4v) is 1.59. The van der Waals surface area contributed by atoms with E-state index in [1.165, 1.54) is 16.7 Å². The summed E-state index contributed by atoms with van der Waals surface area (Å²) in [5, 5.41) is 8.63. The predicted molar refractivity (Wildman–Crippen MR) is 75.3 cm³/mol. The number of phenolic OH excluding ortho intramolecular Hbond substituents is 1. The Morgan fingerprint density at radius 3 is 1.72 bits per heavy atom. The van der Waals surface area contributed by atoms with Crippen molar-refractivity contribution in [3.05, 3.63) is 53.1 Å². The van der Waals surface area contributed by atoms with Gasteiger partial charge in [0.2, 0.25) is 0 Å². The fourth-order valence-electron chi connectivity index (χ4n) is 1.59. The van der Waals surface area contributed by atoms with Gasteiger partial charge in [0.15, 0.2) is 0 Å². The van der Waals surface area contributed by atoms with Crippen molar-refractivity contribution in [1.29, 1.82) is 0 Å². The molecule has 1 aromatic carbocycles. The van der Waals surface area contributed by atoms with Crippen LogP contribution in [-0.4, -0.2) is 5.11 Å². The van der Waals surface area contributed by atoms with Gasteiger partial charge in [-0.25, -0.2) is 5.57 Å². The van der Waals surface area contributed by atoms with E-state index in [9.17, 15) is 0 Å². The van der Waals surface area contributed by atoms with E-state index < -0.39 is 0 Å². The van der Waals surface area contributed by atoms with E-state index in [4.69, 9.17) is 5.11 Å². The Hall–Kier alpha value is -0.496. The summed E-state index contributed by atoms with van der Waals surface area (Å²) in [4.78, 5) is 0. The standard InChI is InChI=1S/C9H13.C6H6O.ClH.Ti/c1-6-5-7(2)9(4)8(6)3;7-6-4-2-1-3-5-6;;/h6H,1-4H3;1-5,7H;1H;/q-1;;;. The summed E-state index contributed by atoms with van der Waals surface area (Å²) >= 11 is 0. The summed E-state index contributed by atoms with van der Waals surface area (Å²) < 4.78 is 0. The number of para-hydroxylation sites is 1. The molecular formula is C15H20ClOTi-. The molecule has 1 N–H and O–H groups in total. The third kappa shape index (κ3) is 5.90. The number of halogens is 1. The van der Waals surface area contributed by atoms with Gasteiger partial charge in [0.25, 0.3) is 0 Å². The van der Waals surface area contributed by atoms with Gasteiger partial charge in [-0.15, -0.1) is 19.3 Å². The van der Waals surface area contributed by atoms with E-state index in [1.807, 2.05) is 6.07 Å². The van der Waals surface area contributed by atoms with Gasteiger partial charge in [0.05, 0.1) is 0 Å². The number of aromatic hydroxyl groups is 1. The molecule has 98 valence electrons. The van der Waals surface area contributed by atoms with Crippen LogP contribution in [0.4, 0.5) is 0 Å². The number of hydrogen-bond acceptors (Lipinski definition) is 1. The Labute approximate surface area is 131 Å². The Kier molecular flexibility index (Phi) is 10.4. The average Bonchev–Trinajstić information content (AvgIpc) is 2.48. The first-order chi connectivity index (χ1) is 7.52. The summed E-state index contributed by atoms with van der Waals surface area (Å²) in [5.74, 6) is 0.882. The minimum Gasteiger partial charge on any atom is -0.508 e. The molecule has 0 bridgehead atoms. The van der Waals surface area contributed by atoms with Crippen LogP contribution in [0.25, 0.3) is 0 Å². The molecular weight excluding hydrogens is 279 g/mol. The van der Waals surface area contributed by atoms with Crippen LogP contribution in [-0.2, 0) is 21.7 Å². The zero-order valence-corrected chi connectivity index (χ0v) is 13.7. The van der Waals surface area contributed by atoms with Gasteiger partial charge in [-0.3, -0.25) is 6.08 Å². The van der Waals surface area contributed by atoms with Gasteiger partial charge in [-0.05, 0) is 12.1 Å². The Bertz CT molecular complexity index is 410. The van der Waals surface area contributed by atoms with Crippen molar-refractivity contribution in [2.45, 2.75) is 27.7 Å². The Morgan fingerprint density at radius 1 is 1.06 bits per heavy atom. The monoisotopic (exact) mass is 299 g/mol. The largest absolute Gasteiger partial charge is 0.508 e. The topological polar surface area (TPSA) is 20.2 Å². The Morgan fingerprint density at radius 2 is 1.56 bits per heavy atom. The van der Waals surface area contributed by atoms with Crippen molar-refractivity contribution in [2.24, 2.45) is 5.92 Å². The minimum absolute atomic E-state index is 0. The van der Waals surface area contributed by atoms with Gasteiger partial charge in [-0.1, -0.05) is 44.9 Å². The van der Waals surface area contributed by atoms with Gasteiger partial charge in [0, 0.05) is 21.7 Å². The molecule has 2 rings (SSSR count). The quantitative estimate of drug-likeness (QED) is 0.551. The molecule has 0 saturated heterocycles. The second kappa shape index (κ2) is 9.44. The molecule has 1 nitrogen and oxygen atoms in total. The molecule has 1 aliphatic carbocycles. The van der Waals surface area contributed by atoms with Crippen LogP contribution in [0.2, 0.25) is 0 Å². The molecule has 0 fully saturated rings. The molecule has 0 radical (unpaired) electrons. The molecule has 0 aliphatic heterocycles. The van der Waals surface area contributed by atoms with Crippen LogP contribution in [0.15, 0.2) is 47.1 Å². The summed E-state index contributed by atoms with van der Waals surface area (Å²) in [5.41, 5.74) is 4.25. The Balaban J connectivity index is 0. The minimum atomic E-state index is 0. The maximum Gasteiger partial charge on any atom is 0.115 e. The van der Waals surface area contributed by atoms with Gasteiger partial charge in [-0.2, -0.15) is 11.1 Å². The molecule has 0 saturated carbocycles. The number of benzene rings is 1. The van der Waals surface area contributed by atoms with Crippen LogP contribution in [0.3, 0.4) is 0 Å². The third-order valence-electron chi connectivity index (χ3n) is 2.99. The fraction of sp³-hybridized carbons (Fsp3) is 0.333. The van der Waals surface area contributed by atoms with Crippen molar-refractivity contribution >= 4 is 12.4 Å². The maximum absolute atomic E-state index is 8.63. The van der Waals surface area contributed by atoms with Crippen molar-refractivity contribution in [2.75, 3.05) is 0 Å². The molecule has 3 heteroatoms.